The summed E-state index contributed by atoms with van der Waals surface area (Å²) in [7, 11) is -3.98. The fourth-order valence-corrected chi connectivity index (χ4v) is 4.61. The van der Waals surface area contributed by atoms with E-state index in [0.29, 0.717) is 22.0 Å². The fourth-order valence-electron chi connectivity index (χ4n) is 2.94. The van der Waals surface area contributed by atoms with Crippen molar-refractivity contribution in [1.82, 2.24) is 0 Å². The largest absolute Gasteiger partial charge is 0.325 e. The Morgan fingerprint density at radius 1 is 0.966 bits per heavy atom. The first-order valence-electron chi connectivity index (χ1n) is 8.98. The third kappa shape index (κ3) is 4.78. The van der Waals surface area contributed by atoms with Crippen molar-refractivity contribution in [3.8, 4) is 0 Å². The first-order valence-corrected chi connectivity index (χ1v) is 10.8. The second kappa shape index (κ2) is 8.68. The molecule has 0 saturated heterocycles. The summed E-state index contributed by atoms with van der Waals surface area (Å²) in [4.78, 5) is 12.8. The second-order valence-electron chi connectivity index (χ2n) is 6.63. The smallest absolute Gasteiger partial charge is 0.264 e. The summed E-state index contributed by atoms with van der Waals surface area (Å²) in [5.41, 5.74) is 2.54. The number of nitrogens with one attached hydrogen (secondary N) is 1. The summed E-state index contributed by atoms with van der Waals surface area (Å²) >= 11 is 6.22. The van der Waals surface area contributed by atoms with Crippen LogP contribution in [0.2, 0.25) is 5.02 Å². The van der Waals surface area contributed by atoms with Crippen LogP contribution in [0, 0.1) is 13.8 Å². The number of anilines is 2. The Labute approximate surface area is 176 Å². The van der Waals surface area contributed by atoms with Gasteiger partial charge in [0.15, 0.2) is 0 Å². The number of carbonyl (C=O) groups is 1. The van der Waals surface area contributed by atoms with Gasteiger partial charge in [0.05, 0.1) is 10.6 Å². The average Bonchev–Trinajstić information content (AvgIpc) is 2.69. The zero-order valence-electron chi connectivity index (χ0n) is 16.1. The van der Waals surface area contributed by atoms with Gasteiger partial charge in [0.25, 0.3) is 10.0 Å². The van der Waals surface area contributed by atoms with Crippen molar-refractivity contribution in [2.24, 2.45) is 0 Å². The highest BCUT2D eigenvalue weighted by atomic mass is 35.5. The van der Waals surface area contributed by atoms with E-state index in [1.807, 2.05) is 25.1 Å². The summed E-state index contributed by atoms with van der Waals surface area (Å²) in [6.45, 7) is 3.26. The molecule has 0 saturated carbocycles. The van der Waals surface area contributed by atoms with Crippen LogP contribution in [0.3, 0.4) is 0 Å². The number of aryl methyl sites for hydroxylation is 1. The van der Waals surface area contributed by atoms with Gasteiger partial charge < -0.3 is 5.32 Å². The van der Waals surface area contributed by atoms with Crippen molar-refractivity contribution in [3.05, 3.63) is 88.9 Å². The van der Waals surface area contributed by atoms with E-state index in [9.17, 15) is 13.2 Å². The van der Waals surface area contributed by atoms with E-state index in [2.05, 4.69) is 5.32 Å². The second-order valence-corrected chi connectivity index (χ2v) is 8.90. The molecular weight excluding hydrogens is 408 g/mol. The molecule has 0 radical (unpaired) electrons. The van der Waals surface area contributed by atoms with Gasteiger partial charge >= 0.3 is 0 Å². The van der Waals surface area contributed by atoms with E-state index >= 15 is 0 Å². The van der Waals surface area contributed by atoms with Gasteiger partial charge in [-0.05, 0) is 61.4 Å². The Kier molecular flexibility index (Phi) is 6.25. The first-order chi connectivity index (χ1) is 13.8. The molecule has 0 spiro atoms. The Morgan fingerprint density at radius 3 is 2.34 bits per heavy atom. The van der Waals surface area contributed by atoms with Crippen molar-refractivity contribution in [1.29, 1.82) is 0 Å². The Morgan fingerprint density at radius 2 is 1.66 bits per heavy atom. The molecule has 0 aliphatic rings. The van der Waals surface area contributed by atoms with Crippen LogP contribution in [-0.2, 0) is 14.8 Å². The predicted molar refractivity (Wildman–Crippen MR) is 117 cm³/mol. The van der Waals surface area contributed by atoms with E-state index in [1.54, 1.807) is 49.4 Å². The topological polar surface area (TPSA) is 66.5 Å². The number of hydrogen-bond donors (Lipinski definition) is 1. The van der Waals surface area contributed by atoms with E-state index in [1.165, 1.54) is 12.1 Å². The van der Waals surface area contributed by atoms with Gasteiger partial charge in [0.1, 0.15) is 6.54 Å². The molecule has 29 heavy (non-hydrogen) atoms. The van der Waals surface area contributed by atoms with Crippen molar-refractivity contribution in [2.75, 3.05) is 16.2 Å². The SMILES string of the molecule is Cc1cccc(NC(=O)CN(c2cccc(Cl)c2C)S(=O)(=O)c2ccccc2)c1. The highest BCUT2D eigenvalue weighted by molar-refractivity contribution is 7.92. The van der Waals surface area contributed by atoms with Crippen LogP contribution in [0.5, 0.6) is 0 Å². The third-order valence-electron chi connectivity index (χ3n) is 4.43. The van der Waals surface area contributed by atoms with E-state index in [0.717, 1.165) is 9.87 Å². The minimum Gasteiger partial charge on any atom is -0.325 e. The predicted octanol–water partition coefficient (Wildman–Crippen LogP) is 4.79. The van der Waals surface area contributed by atoms with Crippen LogP contribution < -0.4 is 9.62 Å². The molecule has 0 atom stereocenters. The monoisotopic (exact) mass is 428 g/mol. The van der Waals surface area contributed by atoms with E-state index in [-0.39, 0.29) is 11.4 Å². The minimum atomic E-state index is -3.98. The molecule has 150 valence electrons. The van der Waals surface area contributed by atoms with Crippen LogP contribution in [0.15, 0.2) is 77.7 Å². The molecule has 3 aromatic rings. The number of nitrogens with zero attached hydrogens (tertiary/aromatic N) is 1. The summed E-state index contributed by atoms with van der Waals surface area (Å²) in [6, 6.07) is 20.3. The molecule has 3 aromatic carbocycles. The van der Waals surface area contributed by atoms with Gasteiger partial charge in [-0.1, -0.05) is 48.0 Å². The van der Waals surface area contributed by atoms with Gasteiger partial charge in [-0.2, -0.15) is 0 Å². The Balaban J connectivity index is 1.99. The lowest BCUT2D eigenvalue weighted by atomic mass is 10.2. The van der Waals surface area contributed by atoms with Crippen molar-refractivity contribution < 1.29 is 13.2 Å². The molecule has 0 bridgehead atoms. The van der Waals surface area contributed by atoms with Crippen LogP contribution >= 0.6 is 11.6 Å². The molecule has 3 rings (SSSR count). The average molecular weight is 429 g/mol. The van der Waals surface area contributed by atoms with Crippen LogP contribution in [-0.4, -0.2) is 20.9 Å². The molecule has 0 fully saturated rings. The molecule has 1 amide bonds. The van der Waals surface area contributed by atoms with Gasteiger partial charge in [0.2, 0.25) is 5.91 Å². The molecule has 0 aromatic heterocycles. The lowest BCUT2D eigenvalue weighted by Gasteiger charge is -2.26. The number of amides is 1. The van der Waals surface area contributed by atoms with Crippen LogP contribution in [0.1, 0.15) is 11.1 Å². The van der Waals surface area contributed by atoms with Crippen molar-refractivity contribution in [2.45, 2.75) is 18.7 Å². The molecule has 5 nitrogen and oxygen atoms in total. The summed E-state index contributed by atoms with van der Waals surface area (Å²) in [6.07, 6.45) is 0. The highest BCUT2D eigenvalue weighted by Crippen LogP contribution is 2.30. The van der Waals surface area contributed by atoms with Gasteiger partial charge in [-0.25, -0.2) is 8.42 Å². The van der Waals surface area contributed by atoms with Crippen LogP contribution in [0.25, 0.3) is 0 Å². The third-order valence-corrected chi connectivity index (χ3v) is 6.61. The quantitative estimate of drug-likeness (QED) is 0.613. The molecule has 1 N–H and O–H groups in total. The number of carbonyl (C=O) groups excluding carboxylic acids is 1. The van der Waals surface area contributed by atoms with Crippen molar-refractivity contribution >= 4 is 38.9 Å². The first kappa shape index (κ1) is 20.9. The highest BCUT2D eigenvalue weighted by Gasteiger charge is 2.28. The number of benzene rings is 3. The Hall–Kier alpha value is -2.83. The van der Waals surface area contributed by atoms with E-state index in [4.69, 9.17) is 11.6 Å². The fraction of sp³-hybridized carbons (Fsp3) is 0.136. The maximum atomic E-state index is 13.3. The maximum absolute atomic E-state index is 13.3. The lowest BCUT2D eigenvalue weighted by Crippen LogP contribution is -2.38. The number of hydrogen-bond acceptors (Lipinski definition) is 3. The van der Waals surface area contributed by atoms with Crippen LogP contribution in [0.4, 0.5) is 11.4 Å². The summed E-state index contributed by atoms with van der Waals surface area (Å²) < 4.78 is 27.8. The normalized spacial score (nSPS) is 11.1. The number of halogens is 1. The number of sulfonamides is 1. The minimum absolute atomic E-state index is 0.0998. The molecule has 0 unspecified atom stereocenters. The molecule has 0 aliphatic carbocycles. The zero-order chi connectivity index (χ0) is 21.0. The molecule has 0 heterocycles. The molecule has 0 aliphatic heterocycles. The Bertz CT molecular complexity index is 1130. The van der Waals surface area contributed by atoms with Crippen molar-refractivity contribution in [3.63, 3.8) is 0 Å². The zero-order valence-corrected chi connectivity index (χ0v) is 17.7. The molecule has 7 heteroatoms. The van der Waals surface area contributed by atoms with E-state index < -0.39 is 15.9 Å². The maximum Gasteiger partial charge on any atom is 0.264 e. The summed E-state index contributed by atoms with van der Waals surface area (Å²) in [5, 5.41) is 3.19. The lowest BCUT2D eigenvalue weighted by molar-refractivity contribution is -0.114. The van der Waals surface area contributed by atoms with Gasteiger partial charge in [-0.15, -0.1) is 0 Å². The van der Waals surface area contributed by atoms with Gasteiger partial charge in [0, 0.05) is 10.7 Å². The molecular formula is C22H21ClN2O3S. The summed E-state index contributed by atoms with van der Waals surface area (Å²) in [5.74, 6) is -0.450. The standard InChI is InChI=1S/C22H21ClN2O3S/c1-16-8-6-9-18(14-16)24-22(26)15-25(21-13-7-12-20(23)17(21)2)29(27,28)19-10-4-3-5-11-19/h3-14H,15H2,1-2H3,(H,24,26). The number of rotatable bonds is 6. The van der Waals surface area contributed by atoms with Gasteiger partial charge in [-0.3, -0.25) is 9.10 Å².